The first-order valence-electron chi connectivity index (χ1n) is 21.3. The van der Waals surface area contributed by atoms with Crippen molar-refractivity contribution >= 4 is 23.9 Å². The number of aromatic nitrogens is 3. The van der Waals surface area contributed by atoms with Crippen molar-refractivity contribution in [3.05, 3.63) is 109 Å². The van der Waals surface area contributed by atoms with E-state index in [4.69, 9.17) is 19.7 Å². The van der Waals surface area contributed by atoms with E-state index >= 15 is 0 Å². The molecule has 12 nitrogen and oxygen atoms in total. The molecule has 1 aromatic heterocycles. The molecule has 1 aliphatic carbocycles. The first-order valence-corrected chi connectivity index (χ1v) is 21.3. The molecule has 6 rings (SSSR count). The zero-order valence-corrected chi connectivity index (χ0v) is 34.3. The number of carbonyl (C=O) groups excluding carboxylic acids is 4. The number of ether oxygens (including phenoxy) is 2. The van der Waals surface area contributed by atoms with Crippen molar-refractivity contribution in [3.8, 4) is 22.5 Å². The van der Waals surface area contributed by atoms with Crippen LogP contribution in [0.3, 0.4) is 0 Å². The second-order valence-corrected chi connectivity index (χ2v) is 15.4. The summed E-state index contributed by atoms with van der Waals surface area (Å²) in [7, 11) is 0. The van der Waals surface area contributed by atoms with Crippen molar-refractivity contribution in [2.75, 3.05) is 13.2 Å². The molecule has 4 atom stereocenters. The van der Waals surface area contributed by atoms with Gasteiger partial charge in [-0.25, -0.2) is 9.59 Å². The van der Waals surface area contributed by atoms with Crippen molar-refractivity contribution in [2.45, 2.75) is 121 Å². The van der Waals surface area contributed by atoms with E-state index in [1.54, 1.807) is 11.7 Å². The first-order chi connectivity index (χ1) is 28.8. The number of likely N-dealkylation sites (tertiary alicyclic amines) is 1. The highest BCUT2D eigenvalue weighted by Gasteiger charge is 2.44. The summed E-state index contributed by atoms with van der Waals surface area (Å²) in [4.78, 5) is 58.9. The van der Waals surface area contributed by atoms with Crippen LogP contribution in [0.25, 0.3) is 22.5 Å². The second kappa shape index (κ2) is 21.8. The maximum absolute atomic E-state index is 14.8. The number of nitrogens with zero attached hydrogens (tertiary/aromatic N) is 4. The normalized spacial score (nSPS) is 17.8. The van der Waals surface area contributed by atoms with Gasteiger partial charge in [-0.2, -0.15) is 15.0 Å². The Morgan fingerprint density at radius 1 is 0.814 bits per heavy atom. The van der Waals surface area contributed by atoms with Crippen LogP contribution in [0.4, 0.5) is 4.79 Å². The van der Waals surface area contributed by atoms with Crippen LogP contribution in [0.2, 0.25) is 0 Å². The number of unbranched alkanes of at least 4 members (excludes halogenated alkanes) is 3. The van der Waals surface area contributed by atoms with Gasteiger partial charge in [0.1, 0.15) is 35.6 Å². The number of alkyl carbamates (subject to hydrolysis) is 1. The molecule has 312 valence electrons. The summed E-state index contributed by atoms with van der Waals surface area (Å²) >= 11 is 0. The lowest BCUT2D eigenvalue weighted by atomic mass is 10.0. The number of nitrogens with one attached hydrogen (secondary N) is 2. The summed E-state index contributed by atoms with van der Waals surface area (Å²) in [5.41, 5.74) is 4.16. The topological polar surface area (TPSA) is 145 Å². The summed E-state index contributed by atoms with van der Waals surface area (Å²) in [5.74, 6) is -1.41. The van der Waals surface area contributed by atoms with Gasteiger partial charge in [-0.15, -0.1) is 0 Å². The number of benzene rings is 3. The van der Waals surface area contributed by atoms with Gasteiger partial charge in [-0.1, -0.05) is 123 Å². The average molecular weight is 803 g/mol. The minimum Gasteiger partial charge on any atom is -0.464 e. The molecule has 3 aromatic carbocycles. The maximum atomic E-state index is 14.8. The highest BCUT2D eigenvalue weighted by molar-refractivity contribution is 5.93. The monoisotopic (exact) mass is 802 g/mol. The van der Waals surface area contributed by atoms with E-state index in [9.17, 15) is 19.2 Å². The van der Waals surface area contributed by atoms with Gasteiger partial charge in [0.2, 0.25) is 11.8 Å². The van der Waals surface area contributed by atoms with Gasteiger partial charge < -0.3 is 25.0 Å². The molecule has 1 saturated carbocycles. The number of carbonyl (C=O) groups is 4. The van der Waals surface area contributed by atoms with Gasteiger partial charge in [0.05, 0.1) is 12.6 Å². The van der Waals surface area contributed by atoms with Crippen molar-refractivity contribution in [2.24, 2.45) is 0 Å². The molecule has 4 aromatic rings. The van der Waals surface area contributed by atoms with Crippen molar-refractivity contribution in [1.82, 2.24) is 30.5 Å². The molecule has 3 amide bonds. The summed E-state index contributed by atoms with van der Waals surface area (Å²) in [6.45, 7) is 4.08. The Morgan fingerprint density at radius 2 is 1.44 bits per heavy atom. The SMILES string of the molecule is C/C=C\CCCCC[C@H](NC(=O)OC1CCCC1)C(=O)N1C[C@H](n2nc(-c3ccccc3)c(-c3ccccc3)n2)C[C@H]1C(=O)N[C@@H](CC)C(=O)OCCc1ccccc1. The van der Waals surface area contributed by atoms with Crippen LogP contribution in [0, 0.1) is 0 Å². The largest absolute Gasteiger partial charge is 0.464 e. The smallest absolute Gasteiger partial charge is 0.408 e. The van der Waals surface area contributed by atoms with Crippen LogP contribution >= 0.6 is 0 Å². The molecule has 2 N–H and O–H groups in total. The standard InChI is InChI=1S/C47H58N6O6/c1-3-5-6-7-8-18-29-40(49-47(57)59-38-27-19-20-28-38)45(55)52-33-37(53-50-42(35-23-14-10-15-24-35)43(51-53)36-25-16-11-17-26-36)32-41(52)44(54)48-39(4-2)46(56)58-31-30-34-21-12-9-13-22-34/h3,5,9-17,21-26,37-41H,4,6-8,18-20,27-33H2,1-2H3,(H,48,54)(H,49,57)/b5-3-/t37-,39+,40+,41+/m1/s1. The van der Waals surface area contributed by atoms with Gasteiger partial charge in [-0.3, -0.25) is 9.59 Å². The average Bonchev–Trinajstić information content (AvgIpc) is 4.05. The molecular formula is C47H58N6O6. The van der Waals surface area contributed by atoms with Crippen LogP contribution in [0.1, 0.15) is 96.1 Å². The Labute approximate surface area is 347 Å². The lowest BCUT2D eigenvalue weighted by Gasteiger charge is -2.29. The fourth-order valence-electron chi connectivity index (χ4n) is 7.90. The summed E-state index contributed by atoms with van der Waals surface area (Å²) in [6, 6.07) is 26.0. The first kappa shape index (κ1) is 42.8. The second-order valence-electron chi connectivity index (χ2n) is 15.4. The molecule has 1 saturated heterocycles. The van der Waals surface area contributed by atoms with Crippen molar-refractivity contribution in [3.63, 3.8) is 0 Å². The molecular weight excluding hydrogens is 745 g/mol. The highest BCUT2D eigenvalue weighted by atomic mass is 16.6. The number of rotatable bonds is 19. The molecule has 0 radical (unpaired) electrons. The lowest BCUT2D eigenvalue weighted by Crippen LogP contribution is -2.55. The molecule has 2 heterocycles. The Hall–Kier alpha value is -5.78. The van der Waals surface area contributed by atoms with Gasteiger partial charge in [0, 0.05) is 30.5 Å². The number of amides is 3. The number of allylic oxidation sites excluding steroid dienone is 2. The Kier molecular flexibility index (Phi) is 15.8. The van der Waals surface area contributed by atoms with Crippen LogP contribution in [0.5, 0.6) is 0 Å². The van der Waals surface area contributed by atoms with Crippen LogP contribution in [0.15, 0.2) is 103 Å². The minimum atomic E-state index is -0.977. The summed E-state index contributed by atoms with van der Waals surface area (Å²) in [6.07, 6.45) is 11.8. The molecule has 0 spiro atoms. The van der Waals surface area contributed by atoms with E-state index in [0.29, 0.717) is 37.1 Å². The fourth-order valence-corrected chi connectivity index (χ4v) is 7.90. The van der Waals surface area contributed by atoms with E-state index in [2.05, 4.69) is 16.7 Å². The third-order valence-electron chi connectivity index (χ3n) is 11.2. The molecule has 12 heteroatoms. The Balaban J connectivity index is 1.26. The van der Waals surface area contributed by atoms with Crippen molar-refractivity contribution < 1.29 is 28.7 Å². The van der Waals surface area contributed by atoms with Crippen molar-refractivity contribution in [1.29, 1.82) is 0 Å². The molecule has 2 fully saturated rings. The van der Waals surface area contributed by atoms with Crippen LogP contribution in [-0.4, -0.2) is 81.2 Å². The number of hydrogen-bond acceptors (Lipinski definition) is 8. The van der Waals surface area contributed by atoms with E-state index in [-0.39, 0.29) is 31.6 Å². The molecule has 0 bridgehead atoms. The quantitative estimate of drug-likeness (QED) is 0.0552. The van der Waals surface area contributed by atoms with E-state index in [0.717, 1.165) is 61.6 Å². The Morgan fingerprint density at radius 3 is 2.05 bits per heavy atom. The number of hydrogen-bond donors (Lipinski definition) is 2. The molecule has 0 unspecified atom stereocenters. The molecule has 2 aliphatic rings. The van der Waals surface area contributed by atoms with E-state index in [1.807, 2.05) is 104 Å². The third-order valence-corrected chi connectivity index (χ3v) is 11.2. The van der Waals surface area contributed by atoms with E-state index < -0.39 is 42.1 Å². The van der Waals surface area contributed by atoms with Gasteiger partial charge >= 0.3 is 12.1 Å². The summed E-state index contributed by atoms with van der Waals surface area (Å²) < 4.78 is 11.4. The summed E-state index contributed by atoms with van der Waals surface area (Å²) in [5, 5.41) is 15.8. The maximum Gasteiger partial charge on any atom is 0.408 e. The van der Waals surface area contributed by atoms with Gasteiger partial charge in [0.25, 0.3) is 0 Å². The number of esters is 1. The molecule has 1 aliphatic heterocycles. The third kappa shape index (κ3) is 11.9. The zero-order valence-electron chi connectivity index (χ0n) is 34.3. The van der Waals surface area contributed by atoms with Gasteiger partial charge in [0.15, 0.2) is 0 Å². The van der Waals surface area contributed by atoms with E-state index in [1.165, 1.54) is 4.90 Å². The predicted octanol–water partition coefficient (Wildman–Crippen LogP) is 8.00. The molecule has 59 heavy (non-hydrogen) atoms. The van der Waals surface area contributed by atoms with Gasteiger partial charge in [-0.05, 0) is 63.9 Å². The van der Waals surface area contributed by atoms with Crippen LogP contribution in [-0.2, 0) is 30.3 Å². The van der Waals surface area contributed by atoms with Crippen LogP contribution < -0.4 is 10.6 Å². The lowest BCUT2D eigenvalue weighted by molar-refractivity contribution is -0.149. The zero-order chi connectivity index (χ0) is 41.4. The minimum absolute atomic E-state index is 0.115. The fraction of sp³-hybridized carbons (Fsp3) is 0.447. The predicted molar refractivity (Wildman–Crippen MR) is 227 cm³/mol. The highest BCUT2D eigenvalue weighted by Crippen LogP contribution is 2.34. The Bertz CT molecular complexity index is 1920.